The molecule has 6 nitrogen and oxygen atoms in total. The number of aromatic amines is 1. The molecular weight excluding hydrogens is 347 g/mol. The number of hydrogen-bond acceptors (Lipinski definition) is 5. The molecule has 1 fully saturated rings. The number of alkyl halides is 3. The first kappa shape index (κ1) is 16.6. The number of hydrogen-bond donors (Lipinski definition) is 1. The fourth-order valence-corrected chi connectivity index (χ4v) is 3.04. The molecule has 0 spiro atoms. The average molecular weight is 363 g/mol. The molecule has 0 bridgehead atoms. The molecule has 1 aliphatic heterocycles. The molecule has 2 aromatic heterocycles. The number of nitrogens with zero attached hydrogens (tertiary/aromatic N) is 4. The first-order chi connectivity index (χ1) is 12.5. The Balaban J connectivity index is 1.43. The highest BCUT2D eigenvalue weighted by atomic mass is 19.4. The molecule has 3 heterocycles. The summed E-state index contributed by atoms with van der Waals surface area (Å²) in [5, 5.41) is 0. The molecule has 4 rings (SSSR count). The molecule has 1 aliphatic rings. The maximum absolute atomic E-state index is 13.1. The van der Waals surface area contributed by atoms with Crippen molar-refractivity contribution >= 4 is 17.1 Å². The van der Waals surface area contributed by atoms with Gasteiger partial charge in [-0.15, -0.1) is 0 Å². The van der Waals surface area contributed by atoms with Crippen LogP contribution in [0.15, 0.2) is 36.8 Å². The predicted molar refractivity (Wildman–Crippen MR) is 89.0 cm³/mol. The lowest BCUT2D eigenvalue weighted by Gasteiger charge is -2.32. The third-order valence-electron chi connectivity index (χ3n) is 4.37. The number of aromatic nitrogens is 4. The monoisotopic (exact) mass is 363 g/mol. The van der Waals surface area contributed by atoms with E-state index < -0.39 is 11.7 Å². The number of benzene rings is 1. The Morgan fingerprint density at radius 2 is 1.88 bits per heavy atom. The third-order valence-corrected chi connectivity index (χ3v) is 4.37. The zero-order valence-corrected chi connectivity index (χ0v) is 13.7. The van der Waals surface area contributed by atoms with E-state index in [9.17, 15) is 13.2 Å². The summed E-state index contributed by atoms with van der Waals surface area (Å²) in [6.45, 7) is 1.22. The standard InChI is InChI=1S/C17H16F3N5O/c18-17(19,20)12-3-1-2-4-14(12)26-11-5-7-25(8-6-11)16-21-9-13-15(24-16)23-10-22-13/h1-4,9-11H,5-8H2,(H,21,22,23,24). The van der Waals surface area contributed by atoms with E-state index in [4.69, 9.17) is 4.74 Å². The number of H-pyrrole nitrogens is 1. The van der Waals surface area contributed by atoms with Gasteiger partial charge in [0.05, 0.1) is 18.1 Å². The lowest BCUT2D eigenvalue weighted by Crippen LogP contribution is -2.39. The summed E-state index contributed by atoms with van der Waals surface area (Å²) in [4.78, 5) is 17.7. The van der Waals surface area contributed by atoms with Crippen LogP contribution in [0.2, 0.25) is 0 Å². The van der Waals surface area contributed by atoms with Crippen molar-refractivity contribution in [1.29, 1.82) is 0 Å². The number of fused-ring (bicyclic) bond motifs is 1. The van der Waals surface area contributed by atoms with Gasteiger partial charge in [-0.3, -0.25) is 0 Å². The van der Waals surface area contributed by atoms with Gasteiger partial charge < -0.3 is 14.6 Å². The van der Waals surface area contributed by atoms with Crippen LogP contribution in [0, 0.1) is 0 Å². The lowest BCUT2D eigenvalue weighted by atomic mass is 10.1. The van der Waals surface area contributed by atoms with E-state index >= 15 is 0 Å². The number of ether oxygens (including phenoxy) is 1. The van der Waals surface area contributed by atoms with Crippen LogP contribution >= 0.6 is 0 Å². The van der Waals surface area contributed by atoms with Gasteiger partial charge in [-0.05, 0) is 12.1 Å². The molecule has 1 N–H and O–H groups in total. The molecule has 0 aliphatic carbocycles. The highest BCUT2D eigenvalue weighted by Gasteiger charge is 2.35. The Morgan fingerprint density at radius 1 is 1.12 bits per heavy atom. The second-order valence-electron chi connectivity index (χ2n) is 6.10. The number of rotatable bonds is 3. The molecule has 26 heavy (non-hydrogen) atoms. The van der Waals surface area contributed by atoms with Gasteiger partial charge in [0.15, 0.2) is 5.65 Å². The molecular formula is C17H16F3N5O. The Hall–Kier alpha value is -2.84. The van der Waals surface area contributed by atoms with Crippen molar-refractivity contribution < 1.29 is 17.9 Å². The zero-order chi connectivity index (χ0) is 18.1. The number of anilines is 1. The van der Waals surface area contributed by atoms with Crippen molar-refractivity contribution in [2.75, 3.05) is 18.0 Å². The Bertz CT molecular complexity index is 903. The number of piperidine rings is 1. The third kappa shape index (κ3) is 3.29. The summed E-state index contributed by atoms with van der Waals surface area (Å²) in [6.07, 6.45) is -0.305. The van der Waals surface area contributed by atoms with Gasteiger partial charge in [0, 0.05) is 25.9 Å². The van der Waals surface area contributed by atoms with Crippen LogP contribution < -0.4 is 9.64 Å². The smallest absolute Gasteiger partial charge is 0.419 e. The fraction of sp³-hybridized carbons (Fsp3) is 0.353. The summed E-state index contributed by atoms with van der Waals surface area (Å²) < 4.78 is 44.9. The van der Waals surface area contributed by atoms with E-state index in [0.29, 0.717) is 43.0 Å². The summed E-state index contributed by atoms with van der Waals surface area (Å²) in [7, 11) is 0. The molecule has 9 heteroatoms. The topological polar surface area (TPSA) is 66.9 Å². The Morgan fingerprint density at radius 3 is 2.65 bits per heavy atom. The highest BCUT2D eigenvalue weighted by molar-refractivity contribution is 5.69. The molecule has 136 valence electrons. The Kier molecular flexibility index (Phi) is 4.14. The Labute approximate surface area is 147 Å². The SMILES string of the molecule is FC(F)(F)c1ccccc1OC1CCN(c2ncc3nc[nH]c3n2)CC1. The number of imidazole rings is 1. The van der Waals surface area contributed by atoms with E-state index in [0.717, 1.165) is 6.07 Å². The predicted octanol–water partition coefficient (Wildman–Crippen LogP) is 3.42. The second kappa shape index (κ2) is 6.47. The minimum absolute atomic E-state index is 0.117. The minimum Gasteiger partial charge on any atom is -0.490 e. The van der Waals surface area contributed by atoms with Crippen LogP contribution in [0.1, 0.15) is 18.4 Å². The van der Waals surface area contributed by atoms with E-state index in [2.05, 4.69) is 19.9 Å². The maximum atomic E-state index is 13.1. The van der Waals surface area contributed by atoms with Crippen molar-refractivity contribution in [3.63, 3.8) is 0 Å². The molecule has 3 aromatic rings. The van der Waals surface area contributed by atoms with E-state index in [1.165, 1.54) is 12.1 Å². The quantitative estimate of drug-likeness (QED) is 0.772. The number of nitrogens with one attached hydrogen (secondary N) is 1. The lowest BCUT2D eigenvalue weighted by molar-refractivity contribution is -0.139. The summed E-state index contributed by atoms with van der Waals surface area (Å²) in [5.74, 6) is 0.462. The summed E-state index contributed by atoms with van der Waals surface area (Å²) in [5.41, 5.74) is 0.610. The molecule has 0 unspecified atom stereocenters. The van der Waals surface area contributed by atoms with Gasteiger partial charge in [0.2, 0.25) is 5.95 Å². The highest BCUT2D eigenvalue weighted by Crippen LogP contribution is 2.37. The van der Waals surface area contributed by atoms with E-state index in [1.54, 1.807) is 18.6 Å². The van der Waals surface area contributed by atoms with Crippen molar-refractivity contribution in [3.05, 3.63) is 42.4 Å². The minimum atomic E-state index is -4.43. The van der Waals surface area contributed by atoms with Crippen molar-refractivity contribution in [3.8, 4) is 5.75 Å². The summed E-state index contributed by atoms with van der Waals surface area (Å²) >= 11 is 0. The average Bonchev–Trinajstić information content (AvgIpc) is 3.10. The molecule has 1 saturated heterocycles. The van der Waals surface area contributed by atoms with Crippen molar-refractivity contribution in [2.24, 2.45) is 0 Å². The van der Waals surface area contributed by atoms with Gasteiger partial charge in [-0.1, -0.05) is 12.1 Å². The van der Waals surface area contributed by atoms with Crippen LogP contribution in [0.3, 0.4) is 0 Å². The van der Waals surface area contributed by atoms with Gasteiger partial charge in [-0.25, -0.2) is 9.97 Å². The van der Waals surface area contributed by atoms with Crippen LogP contribution in [-0.2, 0) is 6.18 Å². The molecule has 0 amide bonds. The van der Waals surface area contributed by atoms with E-state index in [1.807, 2.05) is 4.90 Å². The van der Waals surface area contributed by atoms with Crippen LogP contribution in [0.25, 0.3) is 11.2 Å². The van der Waals surface area contributed by atoms with Crippen LogP contribution in [-0.4, -0.2) is 39.1 Å². The zero-order valence-electron chi connectivity index (χ0n) is 13.7. The normalized spacial score (nSPS) is 16.2. The molecule has 0 atom stereocenters. The maximum Gasteiger partial charge on any atom is 0.419 e. The largest absolute Gasteiger partial charge is 0.490 e. The summed E-state index contributed by atoms with van der Waals surface area (Å²) in [6, 6.07) is 5.32. The second-order valence-corrected chi connectivity index (χ2v) is 6.10. The molecule has 0 saturated carbocycles. The van der Waals surface area contributed by atoms with Gasteiger partial charge in [-0.2, -0.15) is 18.2 Å². The first-order valence-corrected chi connectivity index (χ1v) is 8.24. The van der Waals surface area contributed by atoms with Crippen molar-refractivity contribution in [1.82, 2.24) is 19.9 Å². The number of para-hydroxylation sites is 1. The fourth-order valence-electron chi connectivity index (χ4n) is 3.04. The van der Waals surface area contributed by atoms with Gasteiger partial charge >= 0.3 is 6.18 Å². The molecule has 1 aromatic carbocycles. The van der Waals surface area contributed by atoms with Crippen LogP contribution in [0.4, 0.5) is 19.1 Å². The van der Waals surface area contributed by atoms with Gasteiger partial charge in [0.25, 0.3) is 0 Å². The van der Waals surface area contributed by atoms with Gasteiger partial charge in [0.1, 0.15) is 17.4 Å². The van der Waals surface area contributed by atoms with Crippen molar-refractivity contribution in [2.45, 2.75) is 25.1 Å². The number of halogens is 3. The molecule has 0 radical (unpaired) electrons. The first-order valence-electron chi connectivity index (χ1n) is 8.24. The van der Waals surface area contributed by atoms with E-state index in [-0.39, 0.29) is 11.9 Å². The van der Waals surface area contributed by atoms with Crippen LogP contribution in [0.5, 0.6) is 5.75 Å².